The molecule has 2 aromatic heterocycles. The first-order valence-corrected chi connectivity index (χ1v) is 5.98. The van der Waals surface area contributed by atoms with Crippen LogP contribution in [0.2, 0.25) is 0 Å². The molecule has 0 bridgehead atoms. The molecule has 0 saturated carbocycles. The van der Waals surface area contributed by atoms with E-state index >= 15 is 0 Å². The van der Waals surface area contributed by atoms with Gasteiger partial charge >= 0.3 is 0 Å². The minimum absolute atomic E-state index is 0.672. The van der Waals surface area contributed by atoms with E-state index in [1.165, 1.54) is 11.5 Å². The van der Waals surface area contributed by atoms with Gasteiger partial charge in [0.2, 0.25) is 0 Å². The number of nitrogens with zero attached hydrogens (tertiary/aromatic N) is 4. The highest BCUT2D eigenvalue weighted by atomic mass is 32.1. The minimum Gasteiger partial charge on any atom is -0.381 e. The van der Waals surface area contributed by atoms with Crippen molar-refractivity contribution in [2.75, 3.05) is 0 Å². The monoisotopic (exact) mass is 238 g/mol. The summed E-state index contributed by atoms with van der Waals surface area (Å²) in [6.45, 7) is 2.08. The van der Waals surface area contributed by atoms with Crippen LogP contribution in [0.1, 0.15) is 35.7 Å². The lowest BCUT2D eigenvalue weighted by atomic mass is 10.1. The lowest BCUT2D eigenvalue weighted by Crippen LogP contribution is -2.07. The molecule has 0 aliphatic rings. The summed E-state index contributed by atoms with van der Waals surface area (Å²) in [6.07, 6.45) is 2.85. The number of aliphatic hydroxyl groups is 1. The first-order valence-electron chi connectivity index (χ1n) is 5.21. The van der Waals surface area contributed by atoms with Crippen LogP contribution < -0.4 is 0 Å². The Morgan fingerprint density at radius 3 is 3.00 bits per heavy atom. The summed E-state index contributed by atoms with van der Waals surface area (Å²) in [4.78, 5) is 0.824. The molecule has 0 spiro atoms. The summed E-state index contributed by atoms with van der Waals surface area (Å²) in [5.41, 5.74) is 1.66. The van der Waals surface area contributed by atoms with Gasteiger partial charge in [0.05, 0.1) is 16.3 Å². The molecule has 2 heterocycles. The highest BCUT2D eigenvalue weighted by Gasteiger charge is 2.20. The second-order valence-corrected chi connectivity index (χ2v) is 4.40. The zero-order valence-electron chi connectivity index (χ0n) is 9.29. The Morgan fingerprint density at radius 2 is 2.38 bits per heavy atom. The standard InChI is InChI=1S/C10H14N4OS/c1-3-4-7-10(16-13-12-7)9(15)8-5-6-11-14(8)2/h5-6,9,15H,3-4H2,1-2H3. The Hall–Kier alpha value is -1.27. The molecule has 0 saturated heterocycles. The Labute approximate surface area is 97.9 Å². The number of aromatic nitrogens is 4. The lowest BCUT2D eigenvalue weighted by Gasteiger charge is -2.09. The van der Waals surface area contributed by atoms with Crippen LogP contribution in [0.3, 0.4) is 0 Å². The van der Waals surface area contributed by atoms with E-state index in [1.807, 2.05) is 7.05 Å². The SMILES string of the molecule is CCCc1nnsc1C(O)c1ccnn1C. The third-order valence-electron chi connectivity index (χ3n) is 2.46. The Morgan fingerprint density at radius 1 is 1.56 bits per heavy atom. The van der Waals surface area contributed by atoms with Crippen molar-refractivity contribution in [1.82, 2.24) is 19.4 Å². The second-order valence-electron chi connectivity index (χ2n) is 3.62. The predicted octanol–water partition coefficient (Wildman–Crippen LogP) is 1.31. The van der Waals surface area contributed by atoms with Gasteiger partial charge in [-0.25, -0.2) is 0 Å². The van der Waals surface area contributed by atoms with Gasteiger partial charge in [-0.15, -0.1) is 5.10 Å². The summed E-state index contributed by atoms with van der Waals surface area (Å²) < 4.78 is 5.57. The number of hydrogen-bond donors (Lipinski definition) is 1. The van der Waals surface area contributed by atoms with Crippen LogP contribution in [0.15, 0.2) is 12.3 Å². The van der Waals surface area contributed by atoms with Crippen molar-refractivity contribution in [1.29, 1.82) is 0 Å². The molecule has 0 aliphatic heterocycles. The lowest BCUT2D eigenvalue weighted by molar-refractivity contribution is 0.212. The summed E-state index contributed by atoms with van der Waals surface area (Å²) >= 11 is 1.25. The van der Waals surface area contributed by atoms with Gasteiger partial charge in [0.15, 0.2) is 0 Å². The van der Waals surface area contributed by atoms with Gasteiger partial charge in [0.25, 0.3) is 0 Å². The smallest absolute Gasteiger partial charge is 0.133 e. The van der Waals surface area contributed by atoms with Gasteiger partial charge in [-0.2, -0.15) is 5.10 Å². The van der Waals surface area contributed by atoms with E-state index < -0.39 is 6.10 Å². The Bertz CT molecular complexity index is 465. The average molecular weight is 238 g/mol. The van der Waals surface area contributed by atoms with Gasteiger partial charge in [-0.3, -0.25) is 4.68 Å². The van der Waals surface area contributed by atoms with Gasteiger partial charge in [0, 0.05) is 13.2 Å². The van der Waals surface area contributed by atoms with Crippen molar-refractivity contribution in [2.45, 2.75) is 25.9 Å². The van der Waals surface area contributed by atoms with E-state index in [2.05, 4.69) is 21.6 Å². The highest BCUT2D eigenvalue weighted by Crippen LogP contribution is 2.26. The quantitative estimate of drug-likeness (QED) is 0.872. The molecule has 1 unspecified atom stereocenters. The minimum atomic E-state index is -0.672. The van der Waals surface area contributed by atoms with E-state index in [0.29, 0.717) is 0 Å². The maximum atomic E-state index is 10.2. The van der Waals surface area contributed by atoms with Crippen LogP contribution in [-0.4, -0.2) is 24.5 Å². The molecule has 0 amide bonds. The van der Waals surface area contributed by atoms with Crippen LogP contribution >= 0.6 is 11.5 Å². The molecule has 0 aromatic carbocycles. The summed E-state index contributed by atoms with van der Waals surface area (Å²) in [5, 5.41) is 18.3. The number of aryl methyl sites for hydroxylation is 2. The maximum Gasteiger partial charge on any atom is 0.133 e. The summed E-state index contributed by atoms with van der Waals surface area (Å²) in [7, 11) is 1.81. The Kier molecular flexibility index (Phi) is 3.31. The number of hydrogen-bond acceptors (Lipinski definition) is 5. The fourth-order valence-electron chi connectivity index (χ4n) is 1.62. The first kappa shape index (κ1) is 11.2. The third kappa shape index (κ3) is 1.98. The first-order chi connectivity index (χ1) is 7.74. The zero-order valence-corrected chi connectivity index (χ0v) is 10.1. The van der Waals surface area contributed by atoms with Crippen LogP contribution in [0.4, 0.5) is 0 Å². The van der Waals surface area contributed by atoms with Crippen LogP contribution in [-0.2, 0) is 13.5 Å². The van der Waals surface area contributed by atoms with Crippen molar-refractivity contribution >= 4 is 11.5 Å². The fraction of sp³-hybridized carbons (Fsp3) is 0.500. The largest absolute Gasteiger partial charge is 0.381 e. The predicted molar refractivity (Wildman–Crippen MR) is 61.2 cm³/mol. The molecule has 5 nitrogen and oxygen atoms in total. The van der Waals surface area contributed by atoms with E-state index in [4.69, 9.17) is 0 Å². The molecule has 1 atom stereocenters. The molecule has 6 heteroatoms. The van der Waals surface area contributed by atoms with Gasteiger partial charge in [0.1, 0.15) is 6.10 Å². The van der Waals surface area contributed by atoms with Crippen LogP contribution in [0.5, 0.6) is 0 Å². The van der Waals surface area contributed by atoms with Gasteiger partial charge in [-0.1, -0.05) is 17.8 Å². The second kappa shape index (κ2) is 4.71. The number of aliphatic hydroxyl groups excluding tert-OH is 1. The van der Waals surface area contributed by atoms with Crippen molar-refractivity contribution in [3.8, 4) is 0 Å². The molecular formula is C10H14N4OS. The van der Waals surface area contributed by atoms with E-state index in [-0.39, 0.29) is 0 Å². The van der Waals surface area contributed by atoms with Crippen molar-refractivity contribution in [2.24, 2.45) is 7.05 Å². The molecule has 1 N–H and O–H groups in total. The molecule has 2 aromatic rings. The topological polar surface area (TPSA) is 63.8 Å². The molecule has 2 rings (SSSR count). The van der Waals surface area contributed by atoms with E-state index in [0.717, 1.165) is 29.1 Å². The average Bonchev–Trinajstić information content (AvgIpc) is 2.87. The van der Waals surface area contributed by atoms with E-state index in [9.17, 15) is 5.11 Å². The van der Waals surface area contributed by atoms with Crippen molar-refractivity contribution in [3.63, 3.8) is 0 Å². The van der Waals surface area contributed by atoms with Gasteiger partial charge < -0.3 is 5.11 Å². The highest BCUT2D eigenvalue weighted by molar-refractivity contribution is 7.05. The third-order valence-corrected chi connectivity index (χ3v) is 3.28. The Balaban J connectivity index is 2.30. The molecule has 16 heavy (non-hydrogen) atoms. The molecule has 0 fully saturated rings. The molecule has 0 aliphatic carbocycles. The maximum absolute atomic E-state index is 10.2. The molecule has 86 valence electrons. The van der Waals surface area contributed by atoms with Crippen molar-refractivity contribution < 1.29 is 5.11 Å². The van der Waals surface area contributed by atoms with Crippen molar-refractivity contribution in [3.05, 3.63) is 28.5 Å². The van der Waals surface area contributed by atoms with Gasteiger partial charge in [-0.05, 0) is 24.0 Å². The molecular weight excluding hydrogens is 224 g/mol. The van der Waals surface area contributed by atoms with Crippen LogP contribution in [0.25, 0.3) is 0 Å². The summed E-state index contributed by atoms with van der Waals surface area (Å²) in [5.74, 6) is 0. The fourth-order valence-corrected chi connectivity index (χ4v) is 2.32. The normalized spacial score (nSPS) is 12.9. The number of rotatable bonds is 4. The molecule has 0 radical (unpaired) electrons. The summed E-state index contributed by atoms with van der Waals surface area (Å²) in [6, 6.07) is 1.81. The van der Waals surface area contributed by atoms with Crippen LogP contribution in [0, 0.1) is 0 Å². The zero-order chi connectivity index (χ0) is 11.5. The van der Waals surface area contributed by atoms with E-state index in [1.54, 1.807) is 16.9 Å².